The first kappa shape index (κ1) is 13.7. The highest BCUT2D eigenvalue weighted by Crippen LogP contribution is 2.32. The van der Waals surface area contributed by atoms with Gasteiger partial charge >= 0.3 is 0 Å². The summed E-state index contributed by atoms with van der Waals surface area (Å²) in [5.41, 5.74) is 1.09. The van der Waals surface area contributed by atoms with E-state index in [4.69, 9.17) is 0 Å². The molecule has 4 heteroatoms. The van der Waals surface area contributed by atoms with Crippen molar-refractivity contribution in [3.63, 3.8) is 0 Å². The Morgan fingerprint density at radius 3 is 2.50 bits per heavy atom. The molecular weight excluding hydrogens is 251 g/mol. The maximum absolute atomic E-state index is 13.8. The van der Waals surface area contributed by atoms with Crippen LogP contribution in [0, 0.1) is 12.8 Å². The van der Waals surface area contributed by atoms with E-state index < -0.39 is 28.3 Å². The molecule has 0 aromatic heterocycles. The lowest BCUT2D eigenvalue weighted by atomic mass is 9.86. The highest BCUT2D eigenvalue weighted by Gasteiger charge is 2.39. The number of alkyl halides is 1. The second-order valence-corrected chi connectivity index (χ2v) is 6.81. The summed E-state index contributed by atoms with van der Waals surface area (Å²) >= 11 is 0. The third-order valence-corrected chi connectivity index (χ3v) is 5.49. The molecular formula is C14H19FO2S. The van der Waals surface area contributed by atoms with Crippen molar-refractivity contribution in [3.05, 3.63) is 29.8 Å². The van der Waals surface area contributed by atoms with Gasteiger partial charge in [-0.25, -0.2) is 4.39 Å². The maximum Gasteiger partial charge on any atom is 0.130 e. The topological polar surface area (TPSA) is 37.3 Å². The van der Waals surface area contributed by atoms with E-state index in [0.29, 0.717) is 17.7 Å². The Balaban J connectivity index is 2.16. The zero-order chi connectivity index (χ0) is 13.3. The molecule has 1 fully saturated rings. The lowest BCUT2D eigenvalue weighted by Gasteiger charge is -2.33. The molecule has 5 atom stereocenters. The van der Waals surface area contributed by atoms with Gasteiger partial charge in [0.15, 0.2) is 0 Å². The smallest absolute Gasteiger partial charge is 0.130 e. The molecule has 0 aliphatic heterocycles. The Hall–Kier alpha value is -0.740. The molecule has 0 bridgehead atoms. The number of aliphatic hydroxyl groups is 1. The highest BCUT2D eigenvalue weighted by molar-refractivity contribution is 7.85. The summed E-state index contributed by atoms with van der Waals surface area (Å²) in [5, 5.41) is 9.44. The molecule has 0 radical (unpaired) electrons. The van der Waals surface area contributed by atoms with Crippen molar-refractivity contribution in [2.24, 2.45) is 5.92 Å². The predicted molar refractivity (Wildman–Crippen MR) is 70.7 cm³/mol. The van der Waals surface area contributed by atoms with Gasteiger partial charge in [0.2, 0.25) is 0 Å². The molecule has 1 aromatic carbocycles. The molecule has 2 rings (SSSR count). The quantitative estimate of drug-likeness (QED) is 0.897. The van der Waals surface area contributed by atoms with Crippen molar-refractivity contribution in [3.8, 4) is 0 Å². The summed E-state index contributed by atoms with van der Waals surface area (Å²) in [6.45, 7) is 3.75. The molecule has 1 unspecified atom stereocenters. The largest absolute Gasteiger partial charge is 0.389 e. The van der Waals surface area contributed by atoms with Crippen LogP contribution in [0.1, 0.15) is 25.3 Å². The van der Waals surface area contributed by atoms with Crippen molar-refractivity contribution < 1.29 is 13.7 Å². The monoisotopic (exact) mass is 270 g/mol. The fraction of sp³-hybridized carbons (Fsp3) is 0.571. The minimum Gasteiger partial charge on any atom is -0.389 e. The fourth-order valence-electron chi connectivity index (χ4n) is 2.38. The molecule has 100 valence electrons. The van der Waals surface area contributed by atoms with Gasteiger partial charge in [0.25, 0.3) is 0 Å². The molecule has 0 spiro atoms. The minimum atomic E-state index is -1.33. The first-order valence-electron chi connectivity index (χ1n) is 6.30. The molecule has 18 heavy (non-hydrogen) atoms. The van der Waals surface area contributed by atoms with Gasteiger partial charge in [0.05, 0.1) is 16.0 Å². The minimum absolute atomic E-state index is 0.147. The van der Waals surface area contributed by atoms with Crippen LogP contribution in [0.25, 0.3) is 0 Å². The van der Waals surface area contributed by atoms with E-state index in [1.807, 2.05) is 19.1 Å². The third-order valence-electron chi connectivity index (χ3n) is 3.69. The van der Waals surface area contributed by atoms with Crippen molar-refractivity contribution in [1.82, 2.24) is 0 Å². The van der Waals surface area contributed by atoms with E-state index in [9.17, 15) is 13.7 Å². The zero-order valence-corrected chi connectivity index (χ0v) is 11.5. The normalized spacial score (nSPS) is 34.2. The second kappa shape index (κ2) is 5.49. The first-order valence-corrected chi connectivity index (χ1v) is 7.51. The Morgan fingerprint density at radius 1 is 1.28 bits per heavy atom. The Labute approximate surface area is 110 Å². The zero-order valence-electron chi connectivity index (χ0n) is 10.7. The average molecular weight is 270 g/mol. The van der Waals surface area contributed by atoms with Crippen LogP contribution in [0.5, 0.6) is 0 Å². The molecule has 1 aliphatic rings. The van der Waals surface area contributed by atoms with Crippen molar-refractivity contribution in [2.45, 2.75) is 49.1 Å². The Bertz CT molecular complexity index is 432. The number of rotatable bonds is 2. The van der Waals surface area contributed by atoms with Crippen LogP contribution in [-0.4, -0.2) is 26.8 Å². The van der Waals surface area contributed by atoms with Crippen molar-refractivity contribution in [1.29, 1.82) is 0 Å². The van der Waals surface area contributed by atoms with Crippen LogP contribution >= 0.6 is 0 Å². The van der Waals surface area contributed by atoms with Gasteiger partial charge < -0.3 is 5.11 Å². The molecule has 1 aliphatic carbocycles. The number of hydrogen-bond donors (Lipinski definition) is 1. The van der Waals surface area contributed by atoms with E-state index in [2.05, 4.69) is 0 Å². The van der Waals surface area contributed by atoms with Crippen LogP contribution in [0.4, 0.5) is 4.39 Å². The molecule has 0 saturated heterocycles. The lowest BCUT2D eigenvalue weighted by Crippen LogP contribution is -2.45. The maximum atomic E-state index is 13.8. The number of benzene rings is 1. The van der Waals surface area contributed by atoms with Gasteiger partial charge in [-0.05, 0) is 37.8 Å². The van der Waals surface area contributed by atoms with Crippen LogP contribution in [0.3, 0.4) is 0 Å². The van der Waals surface area contributed by atoms with Crippen LogP contribution in [0.2, 0.25) is 0 Å². The molecule has 0 heterocycles. The van der Waals surface area contributed by atoms with Crippen LogP contribution in [0.15, 0.2) is 29.2 Å². The van der Waals surface area contributed by atoms with Crippen molar-refractivity contribution in [2.75, 3.05) is 0 Å². The van der Waals surface area contributed by atoms with Gasteiger partial charge in [-0.2, -0.15) is 0 Å². The number of aryl methyl sites for hydroxylation is 1. The van der Waals surface area contributed by atoms with Crippen LogP contribution in [-0.2, 0) is 10.8 Å². The van der Waals surface area contributed by atoms with E-state index in [1.165, 1.54) is 0 Å². The molecule has 2 nitrogen and oxygen atoms in total. The van der Waals surface area contributed by atoms with E-state index in [-0.39, 0.29) is 5.92 Å². The number of hydrogen-bond acceptors (Lipinski definition) is 2. The predicted octanol–water partition coefficient (Wildman–Crippen LogP) is 2.60. The summed E-state index contributed by atoms with van der Waals surface area (Å²) in [6.07, 6.45) is -1.09. The molecule has 1 N–H and O–H groups in total. The van der Waals surface area contributed by atoms with Crippen LogP contribution < -0.4 is 0 Å². The summed E-state index contributed by atoms with van der Waals surface area (Å²) in [7, 11) is -1.33. The van der Waals surface area contributed by atoms with Crippen molar-refractivity contribution >= 4 is 10.8 Å². The number of aliphatic hydroxyl groups excluding tert-OH is 1. The first-order chi connectivity index (χ1) is 8.50. The van der Waals surface area contributed by atoms with Gasteiger partial charge in [-0.3, -0.25) is 4.21 Å². The Morgan fingerprint density at radius 2 is 1.89 bits per heavy atom. The van der Waals surface area contributed by atoms with Gasteiger partial charge in [-0.1, -0.05) is 24.6 Å². The third kappa shape index (κ3) is 2.64. The summed E-state index contributed by atoms with van der Waals surface area (Å²) in [4.78, 5) is 0.673. The highest BCUT2D eigenvalue weighted by atomic mass is 32.2. The average Bonchev–Trinajstić information content (AvgIpc) is 2.36. The molecule has 0 amide bonds. The van der Waals surface area contributed by atoms with E-state index in [0.717, 1.165) is 5.56 Å². The summed E-state index contributed by atoms with van der Waals surface area (Å²) in [5.74, 6) is -0.147. The second-order valence-electron chi connectivity index (χ2n) is 5.14. The SMILES string of the molecule is Cc1ccc(S(=O)[C@H]2CC[C@H](C)[C@@H](F)[C@H]2O)cc1. The standard InChI is InChI=1S/C14H19FO2S/c1-9-3-6-11(7-4-9)18(17)12-8-5-10(2)13(15)14(12)16/h3-4,6-7,10,12-14,16H,5,8H2,1-2H3/t10-,12-,13+,14-,18?/m0/s1. The lowest BCUT2D eigenvalue weighted by molar-refractivity contribution is 0.0173. The summed E-state index contributed by atoms with van der Waals surface area (Å²) in [6, 6.07) is 7.36. The van der Waals surface area contributed by atoms with E-state index >= 15 is 0 Å². The number of halogens is 1. The van der Waals surface area contributed by atoms with Gasteiger partial charge in [0.1, 0.15) is 12.3 Å². The summed E-state index contributed by atoms with van der Waals surface area (Å²) < 4.78 is 26.1. The molecule has 1 aromatic rings. The van der Waals surface area contributed by atoms with E-state index in [1.54, 1.807) is 19.1 Å². The molecule has 1 saturated carbocycles. The Kier molecular flexibility index (Phi) is 4.17. The fourth-order valence-corrected chi connectivity index (χ4v) is 3.89. The van der Waals surface area contributed by atoms with Gasteiger partial charge in [-0.15, -0.1) is 0 Å². The van der Waals surface area contributed by atoms with Gasteiger partial charge in [0, 0.05) is 4.90 Å².